The van der Waals surface area contributed by atoms with Gasteiger partial charge in [-0.25, -0.2) is 22.5 Å². The van der Waals surface area contributed by atoms with Gasteiger partial charge in [0.25, 0.3) is 5.91 Å². The second-order valence-electron chi connectivity index (χ2n) is 5.55. The number of nitrogens with zero attached hydrogens (tertiary/aromatic N) is 2. The molecule has 1 aliphatic rings. The van der Waals surface area contributed by atoms with Gasteiger partial charge in [0.15, 0.2) is 0 Å². The zero-order valence-electron chi connectivity index (χ0n) is 12.7. The van der Waals surface area contributed by atoms with Crippen LogP contribution in [0.3, 0.4) is 0 Å². The fraction of sp³-hybridized carbons (Fsp3) is 0.500. The molecule has 23 heavy (non-hydrogen) atoms. The van der Waals surface area contributed by atoms with E-state index < -0.39 is 16.0 Å². The second-order valence-corrected chi connectivity index (χ2v) is 7.54. The summed E-state index contributed by atoms with van der Waals surface area (Å²) < 4.78 is 24.3. The highest BCUT2D eigenvalue weighted by atomic mass is 32.2. The molecule has 1 aliphatic heterocycles. The van der Waals surface area contributed by atoms with E-state index in [1.807, 2.05) is 0 Å². The Labute approximate surface area is 134 Å². The van der Waals surface area contributed by atoms with E-state index >= 15 is 0 Å². The van der Waals surface area contributed by atoms with Crippen LogP contribution in [0.4, 0.5) is 0 Å². The molecule has 1 saturated heterocycles. The van der Waals surface area contributed by atoms with E-state index in [1.54, 1.807) is 0 Å². The van der Waals surface area contributed by atoms with Gasteiger partial charge in [0, 0.05) is 25.8 Å². The quantitative estimate of drug-likeness (QED) is 0.789. The van der Waals surface area contributed by atoms with E-state index in [2.05, 4.69) is 10.3 Å². The van der Waals surface area contributed by atoms with Crippen molar-refractivity contribution in [3.63, 3.8) is 0 Å². The van der Waals surface area contributed by atoms with Gasteiger partial charge < -0.3 is 10.4 Å². The Morgan fingerprint density at radius 1 is 1.35 bits per heavy atom. The first kappa shape index (κ1) is 17.4. The van der Waals surface area contributed by atoms with Crippen LogP contribution < -0.4 is 5.32 Å². The number of hydrogen-bond donors (Lipinski definition) is 2. The van der Waals surface area contributed by atoms with Crippen molar-refractivity contribution in [1.82, 2.24) is 14.6 Å². The average Bonchev–Trinajstić information content (AvgIpc) is 2.52. The zero-order valence-corrected chi connectivity index (χ0v) is 13.5. The lowest BCUT2D eigenvalue weighted by molar-refractivity contribution is 0.0689. The normalized spacial score (nSPS) is 16.9. The maximum Gasteiger partial charge on any atom is 0.354 e. The summed E-state index contributed by atoms with van der Waals surface area (Å²) in [5, 5.41) is 11.5. The molecule has 0 atom stereocenters. The van der Waals surface area contributed by atoms with Crippen molar-refractivity contribution in [2.75, 3.05) is 25.9 Å². The smallest absolute Gasteiger partial charge is 0.354 e. The summed E-state index contributed by atoms with van der Waals surface area (Å²) in [6.45, 7) is 1.39. The van der Waals surface area contributed by atoms with E-state index in [4.69, 9.17) is 5.11 Å². The summed E-state index contributed by atoms with van der Waals surface area (Å²) in [6, 6.07) is 2.69. The van der Waals surface area contributed by atoms with Crippen LogP contribution in [0, 0.1) is 5.92 Å². The Morgan fingerprint density at radius 3 is 2.48 bits per heavy atom. The van der Waals surface area contributed by atoms with Gasteiger partial charge in [-0.2, -0.15) is 0 Å². The van der Waals surface area contributed by atoms with Crippen LogP contribution in [0.25, 0.3) is 0 Å². The summed E-state index contributed by atoms with van der Waals surface area (Å²) >= 11 is 0. The highest BCUT2D eigenvalue weighted by Gasteiger charge is 2.25. The number of rotatable bonds is 5. The molecule has 0 aromatic carbocycles. The number of aromatic nitrogens is 1. The lowest BCUT2D eigenvalue weighted by atomic mass is 9.98. The Kier molecular flexibility index (Phi) is 5.32. The van der Waals surface area contributed by atoms with Gasteiger partial charge >= 0.3 is 5.97 Å². The predicted octanol–water partition coefficient (Wildman–Crippen LogP) is 0.181. The maximum absolute atomic E-state index is 12.0. The van der Waals surface area contributed by atoms with E-state index in [0.29, 0.717) is 38.0 Å². The van der Waals surface area contributed by atoms with Crippen molar-refractivity contribution in [2.45, 2.75) is 12.8 Å². The summed E-state index contributed by atoms with van der Waals surface area (Å²) in [5.41, 5.74) is 0.179. The van der Waals surface area contributed by atoms with Crippen molar-refractivity contribution in [1.29, 1.82) is 0 Å². The molecular weight excluding hydrogens is 322 g/mol. The molecule has 0 spiro atoms. The third kappa shape index (κ3) is 4.73. The molecular formula is C14H19N3O5S. The first-order valence-corrected chi connectivity index (χ1v) is 9.05. The fourth-order valence-corrected chi connectivity index (χ4v) is 3.31. The van der Waals surface area contributed by atoms with Gasteiger partial charge in [0.05, 0.1) is 11.8 Å². The number of hydrogen-bond acceptors (Lipinski definition) is 5. The number of nitrogens with one attached hydrogen (secondary N) is 1. The fourth-order valence-electron chi connectivity index (χ4n) is 2.44. The minimum absolute atomic E-state index is 0.116. The van der Waals surface area contributed by atoms with E-state index in [1.165, 1.54) is 28.9 Å². The number of carboxylic acids is 1. The molecule has 2 heterocycles. The summed E-state index contributed by atoms with van der Waals surface area (Å²) in [5.74, 6) is -1.24. The number of pyridine rings is 1. The van der Waals surface area contributed by atoms with Crippen LogP contribution in [0.1, 0.15) is 33.7 Å². The van der Waals surface area contributed by atoms with Gasteiger partial charge in [-0.15, -0.1) is 0 Å². The Bertz CT molecular complexity index is 679. The molecule has 1 aromatic heterocycles. The Balaban J connectivity index is 1.82. The SMILES string of the molecule is CS(=O)(=O)N1CCC(CNC(=O)c2ccc(C(=O)O)nc2)CC1. The first-order valence-electron chi connectivity index (χ1n) is 7.20. The van der Waals surface area contributed by atoms with Crippen LogP contribution in [0.5, 0.6) is 0 Å². The molecule has 0 unspecified atom stereocenters. The third-order valence-electron chi connectivity index (χ3n) is 3.84. The van der Waals surface area contributed by atoms with Gasteiger partial charge in [0.1, 0.15) is 5.69 Å². The Hall–Kier alpha value is -2.00. The average molecular weight is 341 g/mol. The first-order chi connectivity index (χ1) is 10.8. The lowest BCUT2D eigenvalue weighted by Crippen LogP contribution is -2.41. The molecule has 2 N–H and O–H groups in total. The number of carboxylic acid groups (broad SMARTS) is 1. The van der Waals surface area contributed by atoms with Crippen molar-refractivity contribution in [3.8, 4) is 0 Å². The second kappa shape index (κ2) is 7.05. The maximum atomic E-state index is 12.0. The van der Waals surface area contributed by atoms with Crippen molar-refractivity contribution >= 4 is 21.9 Å². The van der Waals surface area contributed by atoms with Crippen LogP contribution in [0.15, 0.2) is 18.3 Å². The molecule has 1 fully saturated rings. The lowest BCUT2D eigenvalue weighted by Gasteiger charge is -2.30. The molecule has 126 valence electrons. The number of carbonyl (C=O) groups excluding carboxylic acids is 1. The number of carbonyl (C=O) groups is 2. The molecule has 1 aromatic rings. The molecule has 0 radical (unpaired) electrons. The van der Waals surface area contributed by atoms with Crippen LogP contribution >= 0.6 is 0 Å². The number of piperidine rings is 1. The van der Waals surface area contributed by atoms with E-state index in [-0.39, 0.29) is 17.5 Å². The Morgan fingerprint density at radius 2 is 2.00 bits per heavy atom. The van der Waals surface area contributed by atoms with E-state index in [0.717, 1.165) is 0 Å². The van der Waals surface area contributed by atoms with Crippen LogP contribution in [0.2, 0.25) is 0 Å². The molecule has 0 saturated carbocycles. The summed E-state index contributed by atoms with van der Waals surface area (Å²) in [7, 11) is -3.14. The van der Waals surface area contributed by atoms with Gasteiger partial charge in [0.2, 0.25) is 10.0 Å². The number of sulfonamides is 1. The van der Waals surface area contributed by atoms with Gasteiger partial charge in [-0.3, -0.25) is 4.79 Å². The molecule has 2 rings (SSSR count). The van der Waals surface area contributed by atoms with Crippen molar-refractivity contribution in [2.24, 2.45) is 5.92 Å². The van der Waals surface area contributed by atoms with Crippen molar-refractivity contribution in [3.05, 3.63) is 29.6 Å². The predicted molar refractivity (Wildman–Crippen MR) is 82.7 cm³/mol. The van der Waals surface area contributed by atoms with E-state index in [9.17, 15) is 18.0 Å². The molecule has 9 heteroatoms. The topological polar surface area (TPSA) is 117 Å². The minimum Gasteiger partial charge on any atom is -0.477 e. The molecule has 0 bridgehead atoms. The van der Waals surface area contributed by atoms with Gasteiger partial charge in [-0.05, 0) is 30.9 Å². The largest absolute Gasteiger partial charge is 0.477 e. The monoisotopic (exact) mass is 341 g/mol. The van der Waals surface area contributed by atoms with Crippen molar-refractivity contribution < 1.29 is 23.1 Å². The zero-order chi connectivity index (χ0) is 17.0. The van der Waals surface area contributed by atoms with Crippen LogP contribution in [-0.4, -0.2) is 60.6 Å². The number of aromatic carboxylic acids is 1. The summed E-state index contributed by atoms with van der Waals surface area (Å²) in [4.78, 5) is 26.4. The highest BCUT2D eigenvalue weighted by Crippen LogP contribution is 2.18. The molecule has 0 aliphatic carbocycles. The van der Waals surface area contributed by atoms with Gasteiger partial charge in [-0.1, -0.05) is 0 Å². The molecule has 1 amide bonds. The number of amides is 1. The highest BCUT2D eigenvalue weighted by molar-refractivity contribution is 7.88. The third-order valence-corrected chi connectivity index (χ3v) is 5.14. The standard InChI is InChI=1S/C14H19N3O5S/c1-23(21,22)17-6-4-10(5-7-17)8-16-13(18)11-2-3-12(14(19)20)15-9-11/h2-3,9-10H,4-8H2,1H3,(H,16,18)(H,19,20). The summed E-state index contributed by atoms with van der Waals surface area (Å²) in [6.07, 6.45) is 3.82. The molecule has 8 nitrogen and oxygen atoms in total. The minimum atomic E-state index is -3.14. The van der Waals surface area contributed by atoms with Crippen LogP contribution in [-0.2, 0) is 10.0 Å².